The number of thiazole rings is 1. The van der Waals surface area contributed by atoms with Crippen LogP contribution in [-0.4, -0.2) is 51.4 Å². The van der Waals surface area contributed by atoms with Crippen LogP contribution in [-0.2, 0) is 30.7 Å². The molecule has 0 radical (unpaired) electrons. The SMILES string of the molecule is COCCn1c(=NC(=O)CS(=O)(=O)c2ccc(OC)cc2)sc2cc(NC(C)=O)ccc21. The third-order valence-corrected chi connectivity index (χ3v) is 7.13. The smallest absolute Gasteiger partial charge is 0.263 e. The maximum absolute atomic E-state index is 12.6. The fourth-order valence-electron chi connectivity index (χ4n) is 3.01. The minimum atomic E-state index is -3.86. The fraction of sp³-hybridized carbons (Fsp3) is 0.286. The summed E-state index contributed by atoms with van der Waals surface area (Å²) >= 11 is 1.23. The van der Waals surface area contributed by atoms with Crippen molar-refractivity contribution in [3.63, 3.8) is 0 Å². The molecule has 0 saturated carbocycles. The zero-order chi connectivity index (χ0) is 23.3. The third kappa shape index (κ3) is 5.61. The van der Waals surface area contributed by atoms with Gasteiger partial charge in [0, 0.05) is 26.3 Å². The van der Waals surface area contributed by atoms with Crippen molar-refractivity contribution in [3.8, 4) is 5.75 Å². The number of fused-ring (bicyclic) bond motifs is 1. The first-order chi connectivity index (χ1) is 15.2. The van der Waals surface area contributed by atoms with Crippen LogP contribution in [0, 0.1) is 0 Å². The topological polar surface area (TPSA) is 116 Å². The monoisotopic (exact) mass is 477 g/mol. The Morgan fingerprint density at radius 3 is 2.47 bits per heavy atom. The lowest BCUT2D eigenvalue weighted by Gasteiger charge is -2.06. The number of nitrogens with zero attached hydrogens (tertiary/aromatic N) is 2. The predicted molar refractivity (Wildman–Crippen MR) is 122 cm³/mol. The maximum Gasteiger partial charge on any atom is 0.263 e. The molecule has 3 aromatic rings. The van der Waals surface area contributed by atoms with Crippen LogP contribution in [0.25, 0.3) is 10.2 Å². The summed E-state index contributed by atoms with van der Waals surface area (Å²) in [6.45, 7) is 2.22. The van der Waals surface area contributed by atoms with Gasteiger partial charge in [-0.3, -0.25) is 9.59 Å². The minimum Gasteiger partial charge on any atom is -0.497 e. The molecule has 32 heavy (non-hydrogen) atoms. The molecule has 0 aliphatic rings. The molecule has 0 aliphatic heterocycles. The van der Waals surface area contributed by atoms with Gasteiger partial charge in [-0.05, 0) is 42.5 Å². The van der Waals surface area contributed by atoms with Crippen molar-refractivity contribution in [2.75, 3.05) is 31.9 Å². The number of rotatable bonds is 8. The summed E-state index contributed by atoms with van der Waals surface area (Å²) in [5, 5.41) is 2.71. The Morgan fingerprint density at radius 1 is 1.12 bits per heavy atom. The Hall–Kier alpha value is -3.02. The van der Waals surface area contributed by atoms with Crippen LogP contribution in [0.3, 0.4) is 0 Å². The lowest BCUT2D eigenvalue weighted by molar-refractivity contribution is -0.116. The van der Waals surface area contributed by atoms with E-state index in [2.05, 4.69) is 10.3 Å². The average molecular weight is 478 g/mol. The van der Waals surface area contributed by atoms with Crippen molar-refractivity contribution in [2.45, 2.75) is 18.4 Å². The van der Waals surface area contributed by atoms with Gasteiger partial charge in [0.05, 0.1) is 28.8 Å². The Bertz CT molecular complexity index is 1310. The van der Waals surface area contributed by atoms with Crippen molar-refractivity contribution in [1.82, 2.24) is 4.57 Å². The van der Waals surface area contributed by atoms with Crippen LogP contribution >= 0.6 is 11.3 Å². The van der Waals surface area contributed by atoms with E-state index >= 15 is 0 Å². The predicted octanol–water partition coefficient (Wildman–Crippen LogP) is 2.22. The van der Waals surface area contributed by atoms with Crippen molar-refractivity contribution in [2.24, 2.45) is 4.99 Å². The highest BCUT2D eigenvalue weighted by atomic mass is 32.2. The molecule has 9 nitrogen and oxygen atoms in total. The Kier molecular flexibility index (Phi) is 7.44. The first-order valence-corrected chi connectivity index (χ1v) is 12.0. The molecule has 170 valence electrons. The van der Waals surface area contributed by atoms with Gasteiger partial charge in [0.25, 0.3) is 5.91 Å². The summed E-state index contributed by atoms with van der Waals surface area (Å²) in [7, 11) is -0.816. The molecule has 11 heteroatoms. The van der Waals surface area contributed by atoms with E-state index in [4.69, 9.17) is 9.47 Å². The quantitative estimate of drug-likeness (QED) is 0.532. The van der Waals surface area contributed by atoms with Crippen LogP contribution in [0.5, 0.6) is 5.75 Å². The number of sulfone groups is 1. The molecule has 1 N–H and O–H groups in total. The summed E-state index contributed by atoms with van der Waals surface area (Å²) in [5.74, 6) is -1.21. The molecular weight excluding hydrogens is 454 g/mol. The number of carbonyl (C=O) groups is 2. The molecule has 0 fully saturated rings. The van der Waals surface area contributed by atoms with Gasteiger partial charge in [0.15, 0.2) is 14.6 Å². The van der Waals surface area contributed by atoms with Gasteiger partial charge in [-0.15, -0.1) is 0 Å². The molecule has 1 aromatic heterocycles. The van der Waals surface area contributed by atoms with Crippen LogP contribution in [0.4, 0.5) is 5.69 Å². The Balaban J connectivity index is 1.95. The molecule has 0 bridgehead atoms. The number of amides is 2. The fourth-order valence-corrected chi connectivity index (χ4v) is 5.23. The highest BCUT2D eigenvalue weighted by Gasteiger charge is 2.20. The summed E-state index contributed by atoms with van der Waals surface area (Å²) in [6.07, 6.45) is 0. The van der Waals surface area contributed by atoms with Gasteiger partial charge in [-0.25, -0.2) is 8.42 Å². The number of carbonyl (C=O) groups excluding carboxylic acids is 2. The second-order valence-electron chi connectivity index (χ2n) is 6.83. The maximum atomic E-state index is 12.6. The molecule has 2 amide bonds. The zero-order valence-corrected chi connectivity index (χ0v) is 19.5. The lowest BCUT2D eigenvalue weighted by Crippen LogP contribution is -2.22. The van der Waals surface area contributed by atoms with Gasteiger partial charge < -0.3 is 19.4 Å². The number of anilines is 1. The summed E-state index contributed by atoms with van der Waals surface area (Å²) in [6, 6.07) is 11.2. The summed E-state index contributed by atoms with van der Waals surface area (Å²) in [5.41, 5.74) is 1.41. The van der Waals surface area contributed by atoms with Crippen molar-refractivity contribution < 1.29 is 27.5 Å². The van der Waals surface area contributed by atoms with Crippen LogP contribution in [0.1, 0.15) is 6.92 Å². The Morgan fingerprint density at radius 2 is 1.84 bits per heavy atom. The number of benzene rings is 2. The highest BCUT2D eigenvalue weighted by molar-refractivity contribution is 7.92. The van der Waals surface area contributed by atoms with Gasteiger partial charge in [0.1, 0.15) is 11.5 Å². The van der Waals surface area contributed by atoms with Gasteiger partial charge >= 0.3 is 0 Å². The van der Waals surface area contributed by atoms with E-state index in [9.17, 15) is 18.0 Å². The number of methoxy groups -OCH3 is 2. The van der Waals surface area contributed by atoms with E-state index < -0.39 is 21.5 Å². The van der Waals surface area contributed by atoms with E-state index in [0.717, 1.165) is 10.2 Å². The van der Waals surface area contributed by atoms with E-state index in [1.807, 2.05) is 6.07 Å². The molecule has 2 aromatic carbocycles. The van der Waals surface area contributed by atoms with E-state index in [1.165, 1.54) is 49.6 Å². The van der Waals surface area contributed by atoms with Crippen LogP contribution < -0.4 is 14.9 Å². The molecule has 0 atom stereocenters. The molecule has 0 aliphatic carbocycles. The molecule has 0 spiro atoms. The highest BCUT2D eigenvalue weighted by Crippen LogP contribution is 2.22. The van der Waals surface area contributed by atoms with Crippen molar-refractivity contribution in [3.05, 3.63) is 47.3 Å². The van der Waals surface area contributed by atoms with Crippen molar-refractivity contribution in [1.29, 1.82) is 0 Å². The first kappa shape index (κ1) is 23.6. The number of hydrogen-bond acceptors (Lipinski definition) is 7. The molecule has 0 saturated heterocycles. The lowest BCUT2D eigenvalue weighted by atomic mass is 10.3. The third-order valence-electron chi connectivity index (χ3n) is 4.47. The van der Waals surface area contributed by atoms with Gasteiger partial charge in [-0.2, -0.15) is 4.99 Å². The van der Waals surface area contributed by atoms with Gasteiger partial charge in [0.2, 0.25) is 5.91 Å². The largest absolute Gasteiger partial charge is 0.497 e. The number of nitrogens with one attached hydrogen (secondary N) is 1. The second-order valence-corrected chi connectivity index (χ2v) is 9.83. The molecule has 3 rings (SSSR count). The molecular formula is C21H23N3O6S2. The van der Waals surface area contributed by atoms with Crippen molar-refractivity contribution >= 4 is 48.9 Å². The van der Waals surface area contributed by atoms with E-state index in [1.54, 1.807) is 23.8 Å². The van der Waals surface area contributed by atoms with E-state index in [-0.39, 0.29) is 10.8 Å². The molecule has 0 unspecified atom stereocenters. The first-order valence-electron chi connectivity index (χ1n) is 9.58. The normalized spacial score (nSPS) is 12.2. The summed E-state index contributed by atoms with van der Waals surface area (Å²) in [4.78, 5) is 28.4. The standard InChI is InChI=1S/C21H23N3O6S2/c1-14(25)22-15-4-9-18-19(12-15)31-21(24(18)10-11-29-2)23-20(26)13-32(27,28)17-7-5-16(30-3)6-8-17/h4-9,12H,10-11,13H2,1-3H3,(H,22,25). The zero-order valence-electron chi connectivity index (χ0n) is 17.8. The average Bonchev–Trinajstić information content (AvgIpc) is 3.07. The van der Waals surface area contributed by atoms with Gasteiger partial charge in [-0.1, -0.05) is 11.3 Å². The van der Waals surface area contributed by atoms with Crippen LogP contribution in [0.2, 0.25) is 0 Å². The Labute approximate surface area is 189 Å². The summed E-state index contributed by atoms with van der Waals surface area (Å²) < 4.78 is 38.0. The number of hydrogen-bond donors (Lipinski definition) is 1. The number of ether oxygens (including phenoxy) is 2. The second kappa shape index (κ2) is 10.1. The van der Waals surface area contributed by atoms with E-state index in [0.29, 0.717) is 29.4 Å². The minimum absolute atomic E-state index is 0.0189. The van der Waals surface area contributed by atoms with Crippen LogP contribution in [0.15, 0.2) is 52.4 Å². The molecule has 1 heterocycles. The number of aromatic nitrogens is 1.